The van der Waals surface area contributed by atoms with Crippen LogP contribution in [0.2, 0.25) is 0 Å². The highest BCUT2D eigenvalue weighted by Gasteiger charge is 2.47. The number of carbonyl (C=O) groups excluding carboxylic acids is 2. The Kier molecular flexibility index (Phi) is 7.00. The van der Waals surface area contributed by atoms with Gasteiger partial charge in [-0.1, -0.05) is 30.3 Å². The van der Waals surface area contributed by atoms with E-state index in [9.17, 15) is 14.7 Å². The van der Waals surface area contributed by atoms with Crippen molar-refractivity contribution in [1.29, 1.82) is 0 Å². The van der Waals surface area contributed by atoms with Crippen LogP contribution in [0.25, 0.3) is 0 Å². The second-order valence-electron chi connectivity index (χ2n) is 8.14. The van der Waals surface area contributed by atoms with Crippen molar-refractivity contribution in [2.24, 2.45) is 5.92 Å². The van der Waals surface area contributed by atoms with E-state index in [-0.39, 0.29) is 12.0 Å². The number of hydrogen-bond donors (Lipinski definition) is 1. The SMILES string of the molecule is COC(=O)[C@@H]1CC[C@H](C(C(=O)OC(C)(C)C)C(C)O)N1Cc1ccccc1. The number of rotatable bonds is 6. The molecule has 1 heterocycles. The van der Waals surface area contributed by atoms with Crippen LogP contribution in [0.15, 0.2) is 30.3 Å². The Balaban J connectivity index is 2.31. The minimum absolute atomic E-state index is 0.302. The van der Waals surface area contributed by atoms with Crippen LogP contribution in [0, 0.1) is 5.92 Å². The minimum atomic E-state index is -0.889. The molecule has 2 unspecified atom stereocenters. The lowest BCUT2D eigenvalue weighted by Gasteiger charge is -2.35. The van der Waals surface area contributed by atoms with E-state index < -0.39 is 29.6 Å². The first-order chi connectivity index (χ1) is 12.6. The van der Waals surface area contributed by atoms with E-state index in [2.05, 4.69) is 0 Å². The Labute approximate surface area is 161 Å². The number of nitrogens with zero attached hydrogens (tertiary/aromatic N) is 1. The van der Waals surface area contributed by atoms with Crippen molar-refractivity contribution in [2.45, 2.75) is 70.9 Å². The summed E-state index contributed by atoms with van der Waals surface area (Å²) in [7, 11) is 1.37. The molecule has 0 spiro atoms. The summed E-state index contributed by atoms with van der Waals surface area (Å²) in [5, 5.41) is 10.4. The fourth-order valence-corrected chi connectivity index (χ4v) is 3.73. The van der Waals surface area contributed by atoms with Crippen molar-refractivity contribution in [1.82, 2.24) is 4.90 Å². The van der Waals surface area contributed by atoms with Gasteiger partial charge in [0.1, 0.15) is 11.6 Å². The summed E-state index contributed by atoms with van der Waals surface area (Å²) in [6, 6.07) is 9.03. The molecule has 0 amide bonds. The summed E-state index contributed by atoms with van der Waals surface area (Å²) < 4.78 is 10.5. The summed E-state index contributed by atoms with van der Waals surface area (Å²) in [5.41, 5.74) is 0.390. The Morgan fingerprint density at radius 3 is 2.37 bits per heavy atom. The van der Waals surface area contributed by atoms with Crippen LogP contribution in [0.1, 0.15) is 46.1 Å². The Morgan fingerprint density at radius 2 is 1.85 bits per heavy atom. The van der Waals surface area contributed by atoms with E-state index in [4.69, 9.17) is 9.47 Å². The highest BCUT2D eigenvalue weighted by atomic mass is 16.6. The van der Waals surface area contributed by atoms with Gasteiger partial charge >= 0.3 is 11.9 Å². The topological polar surface area (TPSA) is 76.1 Å². The Hall–Kier alpha value is -1.92. The van der Waals surface area contributed by atoms with Crippen LogP contribution in [0.3, 0.4) is 0 Å². The number of carbonyl (C=O) groups is 2. The lowest BCUT2D eigenvalue weighted by atomic mass is 9.92. The van der Waals surface area contributed by atoms with Crippen LogP contribution >= 0.6 is 0 Å². The third kappa shape index (κ3) is 5.53. The zero-order valence-corrected chi connectivity index (χ0v) is 16.8. The lowest BCUT2D eigenvalue weighted by molar-refractivity contribution is -0.168. The zero-order valence-electron chi connectivity index (χ0n) is 16.8. The second-order valence-corrected chi connectivity index (χ2v) is 8.14. The molecule has 0 radical (unpaired) electrons. The van der Waals surface area contributed by atoms with Crippen LogP contribution in [0.4, 0.5) is 0 Å². The zero-order chi connectivity index (χ0) is 20.2. The van der Waals surface area contributed by atoms with Crippen molar-refractivity contribution in [3.63, 3.8) is 0 Å². The molecule has 0 aromatic heterocycles. The van der Waals surface area contributed by atoms with Crippen LogP contribution < -0.4 is 0 Å². The summed E-state index contributed by atoms with van der Waals surface area (Å²) in [5.74, 6) is -1.49. The monoisotopic (exact) mass is 377 g/mol. The number of likely N-dealkylation sites (tertiary alicyclic amines) is 1. The molecule has 6 heteroatoms. The average Bonchev–Trinajstić information content (AvgIpc) is 2.96. The van der Waals surface area contributed by atoms with Gasteiger partial charge in [0.25, 0.3) is 0 Å². The fraction of sp³-hybridized carbons (Fsp3) is 0.619. The fourth-order valence-electron chi connectivity index (χ4n) is 3.73. The van der Waals surface area contributed by atoms with Crippen molar-refractivity contribution in [3.05, 3.63) is 35.9 Å². The maximum atomic E-state index is 12.8. The van der Waals surface area contributed by atoms with Crippen LogP contribution in [-0.4, -0.2) is 52.8 Å². The predicted octanol–water partition coefficient (Wildman–Crippen LogP) is 2.53. The maximum absolute atomic E-state index is 12.8. The van der Waals surface area contributed by atoms with Gasteiger partial charge in [0.2, 0.25) is 0 Å². The number of aliphatic hydroxyl groups is 1. The van der Waals surface area contributed by atoms with E-state index in [1.165, 1.54) is 7.11 Å². The van der Waals surface area contributed by atoms with Gasteiger partial charge in [-0.05, 0) is 46.1 Å². The van der Waals surface area contributed by atoms with E-state index in [1.54, 1.807) is 27.7 Å². The molecule has 4 atom stereocenters. The second kappa shape index (κ2) is 8.85. The van der Waals surface area contributed by atoms with Gasteiger partial charge in [-0.3, -0.25) is 14.5 Å². The molecular weight excluding hydrogens is 346 g/mol. The average molecular weight is 377 g/mol. The number of hydrogen-bond acceptors (Lipinski definition) is 6. The molecule has 1 aliphatic heterocycles. The largest absolute Gasteiger partial charge is 0.468 e. The van der Waals surface area contributed by atoms with E-state index >= 15 is 0 Å². The molecule has 0 bridgehead atoms. The third-order valence-electron chi connectivity index (χ3n) is 4.86. The van der Waals surface area contributed by atoms with Crippen molar-refractivity contribution in [3.8, 4) is 0 Å². The molecule has 1 aliphatic rings. The predicted molar refractivity (Wildman–Crippen MR) is 102 cm³/mol. The van der Waals surface area contributed by atoms with Gasteiger partial charge in [-0.2, -0.15) is 0 Å². The minimum Gasteiger partial charge on any atom is -0.468 e. The highest BCUT2D eigenvalue weighted by molar-refractivity contribution is 5.77. The Morgan fingerprint density at radius 1 is 1.22 bits per heavy atom. The van der Waals surface area contributed by atoms with Gasteiger partial charge in [-0.25, -0.2) is 0 Å². The molecule has 1 aromatic carbocycles. The molecule has 1 aromatic rings. The molecule has 27 heavy (non-hydrogen) atoms. The molecule has 2 rings (SSSR count). The number of benzene rings is 1. The van der Waals surface area contributed by atoms with Gasteiger partial charge < -0.3 is 14.6 Å². The number of methoxy groups -OCH3 is 1. The summed E-state index contributed by atoms with van der Waals surface area (Å²) >= 11 is 0. The van der Waals surface area contributed by atoms with Gasteiger partial charge in [-0.15, -0.1) is 0 Å². The van der Waals surface area contributed by atoms with E-state index in [1.807, 2.05) is 35.2 Å². The molecule has 1 N–H and O–H groups in total. The van der Waals surface area contributed by atoms with Crippen molar-refractivity contribution >= 4 is 11.9 Å². The van der Waals surface area contributed by atoms with E-state index in [0.717, 1.165) is 5.56 Å². The maximum Gasteiger partial charge on any atom is 0.323 e. The molecule has 150 valence electrons. The first kappa shape index (κ1) is 21.4. The van der Waals surface area contributed by atoms with Gasteiger partial charge in [0.15, 0.2) is 0 Å². The number of ether oxygens (including phenoxy) is 2. The van der Waals surface area contributed by atoms with Gasteiger partial charge in [0, 0.05) is 12.6 Å². The first-order valence-corrected chi connectivity index (χ1v) is 9.42. The summed E-state index contributed by atoms with van der Waals surface area (Å²) in [4.78, 5) is 27.1. The number of aliphatic hydroxyl groups excluding tert-OH is 1. The molecule has 0 saturated carbocycles. The smallest absolute Gasteiger partial charge is 0.323 e. The molecule has 1 fully saturated rings. The summed E-state index contributed by atoms with van der Waals surface area (Å²) in [6.07, 6.45) is 0.303. The highest BCUT2D eigenvalue weighted by Crippen LogP contribution is 2.34. The third-order valence-corrected chi connectivity index (χ3v) is 4.86. The summed E-state index contributed by atoms with van der Waals surface area (Å²) in [6.45, 7) is 7.50. The van der Waals surface area contributed by atoms with Gasteiger partial charge in [0.05, 0.1) is 19.1 Å². The normalized spacial score (nSPS) is 22.9. The lowest BCUT2D eigenvalue weighted by Crippen LogP contribution is -2.49. The van der Waals surface area contributed by atoms with Crippen molar-refractivity contribution in [2.75, 3.05) is 7.11 Å². The molecule has 6 nitrogen and oxygen atoms in total. The van der Waals surface area contributed by atoms with Crippen LogP contribution in [0.5, 0.6) is 0 Å². The van der Waals surface area contributed by atoms with Crippen molar-refractivity contribution < 1.29 is 24.2 Å². The quantitative estimate of drug-likeness (QED) is 0.768. The molecule has 1 saturated heterocycles. The van der Waals surface area contributed by atoms with E-state index in [0.29, 0.717) is 19.4 Å². The van der Waals surface area contributed by atoms with Crippen LogP contribution in [-0.2, 0) is 25.6 Å². The first-order valence-electron chi connectivity index (χ1n) is 9.42. The molecule has 0 aliphatic carbocycles. The number of esters is 2. The standard InChI is InChI=1S/C21H31NO5/c1-14(23)18(20(25)27-21(2,3)4)16-11-12-17(19(24)26-5)22(16)13-15-9-7-6-8-10-15/h6-10,14,16-18,23H,11-13H2,1-5H3/t14?,16-,17+,18?/m1/s1. The molecular formula is C21H31NO5. The Bertz CT molecular complexity index is 638.